The van der Waals surface area contributed by atoms with Gasteiger partial charge in [-0.2, -0.15) is 10.5 Å². The molecule has 2 N–H and O–H groups in total. The van der Waals surface area contributed by atoms with Crippen LogP contribution < -0.4 is 5.32 Å². The van der Waals surface area contributed by atoms with Gasteiger partial charge in [0.2, 0.25) is 5.82 Å². The summed E-state index contributed by atoms with van der Waals surface area (Å²) in [4.78, 5) is 0. The quantitative estimate of drug-likeness (QED) is 0.772. The lowest BCUT2D eigenvalue weighted by atomic mass is 10.1. The maximum Gasteiger partial charge on any atom is 0.216 e. The van der Waals surface area contributed by atoms with E-state index in [2.05, 4.69) is 64.7 Å². The Bertz CT molecular complexity index is 672. The smallest absolute Gasteiger partial charge is 0.216 e. The number of halogens is 2. The first-order chi connectivity index (χ1) is 9.65. The Morgan fingerprint density at radius 1 is 1.50 bits per heavy atom. The van der Waals surface area contributed by atoms with E-state index in [1.165, 1.54) is 0 Å². The van der Waals surface area contributed by atoms with Crippen molar-refractivity contribution in [2.75, 3.05) is 5.32 Å². The van der Waals surface area contributed by atoms with Crippen molar-refractivity contribution in [1.82, 2.24) is 20.6 Å². The topological polar surface area (TPSA) is 90.3 Å². The summed E-state index contributed by atoms with van der Waals surface area (Å²) in [5, 5.41) is 25.6. The minimum atomic E-state index is 0.256. The number of rotatable bonds is 4. The molecule has 0 aliphatic heterocycles. The van der Waals surface area contributed by atoms with E-state index in [-0.39, 0.29) is 5.82 Å². The van der Waals surface area contributed by atoms with E-state index in [1.807, 2.05) is 18.2 Å². The molecule has 0 atom stereocenters. The molecule has 0 aliphatic rings. The second-order valence-corrected chi connectivity index (χ2v) is 5.59. The highest BCUT2D eigenvalue weighted by atomic mass is 79.9. The summed E-state index contributed by atoms with van der Waals surface area (Å²) >= 11 is 6.96. The molecular formula is C12H10Br2N6. The normalized spacial score (nSPS) is 11.2. The number of nitrogens with zero attached hydrogens (tertiary/aromatic N) is 4. The van der Waals surface area contributed by atoms with Crippen LogP contribution in [0.5, 0.6) is 0 Å². The molecule has 0 bridgehead atoms. The number of anilines is 1. The molecule has 0 spiro atoms. The SMILES string of the molecule is CCc1cc(Br)cc(Br)c1NC=C(C#N)c1nn[nH]n1. The van der Waals surface area contributed by atoms with Gasteiger partial charge in [-0.1, -0.05) is 22.9 Å². The van der Waals surface area contributed by atoms with E-state index >= 15 is 0 Å². The van der Waals surface area contributed by atoms with Crippen molar-refractivity contribution in [2.45, 2.75) is 13.3 Å². The minimum absolute atomic E-state index is 0.256. The molecule has 2 aromatic rings. The monoisotopic (exact) mass is 396 g/mol. The number of aryl methyl sites for hydroxylation is 1. The summed E-state index contributed by atoms with van der Waals surface area (Å²) in [6.07, 6.45) is 2.43. The van der Waals surface area contributed by atoms with Gasteiger partial charge in [-0.25, -0.2) is 0 Å². The van der Waals surface area contributed by atoms with Crippen LogP contribution in [0.25, 0.3) is 5.57 Å². The molecule has 0 aliphatic carbocycles. The van der Waals surface area contributed by atoms with E-state index in [1.54, 1.807) is 6.20 Å². The highest BCUT2D eigenvalue weighted by Gasteiger charge is 2.09. The molecule has 1 aromatic carbocycles. The van der Waals surface area contributed by atoms with Crippen molar-refractivity contribution in [3.63, 3.8) is 0 Å². The molecule has 2 rings (SSSR count). The van der Waals surface area contributed by atoms with Crippen LogP contribution in [-0.4, -0.2) is 20.6 Å². The van der Waals surface area contributed by atoms with Crippen LogP contribution in [-0.2, 0) is 6.42 Å². The van der Waals surface area contributed by atoms with Gasteiger partial charge in [0.25, 0.3) is 0 Å². The molecule has 0 radical (unpaired) electrons. The largest absolute Gasteiger partial charge is 0.359 e. The fraction of sp³-hybridized carbons (Fsp3) is 0.167. The van der Waals surface area contributed by atoms with Crippen LogP contribution in [0.15, 0.2) is 27.3 Å². The van der Waals surface area contributed by atoms with Crippen LogP contribution in [0.4, 0.5) is 5.69 Å². The Morgan fingerprint density at radius 2 is 2.30 bits per heavy atom. The lowest BCUT2D eigenvalue weighted by molar-refractivity contribution is 0.881. The zero-order valence-corrected chi connectivity index (χ0v) is 13.7. The summed E-state index contributed by atoms with van der Waals surface area (Å²) < 4.78 is 1.90. The molecule has 0 unspecified atom stereocenters. The van der Waals surface area contributed by atoms with Crippen molar-refractivity contribution in [1.29, 1.82) is 5.26 Å². The first kappa shape index (κ1) is 14.7. The first-order valence-electron chi connectivity index (χ1n) is 5.74. The maximum atomic E-state index is 9.12. The highest BCUT2D eigenvalue weighted by molar-refractivity contribution is 9.11. The van der Waals surface area contributed by atoms with Crippen molar-refractivity contribution in [3.05, 3.63) is 38.7 Å². The van der Waals surface area contributed by atoms with E-state index in [0.29, 0.717) is 5.57 Å². The van der Waals surface area contributed by atoms with E-state index in [9.17, 15) is 0 Å². The predicted molar refractivity (Wildman–Crippen MR) is 82.6 cm³/mol. The van der Waals surface area contributed by atoms with E-state index in [0.717, 1.165) is 26.6 Å². The van der Waals surface area contributed by atoms with Gasteiger partial charge in [0.1, 0.15) is 11.6 Å². The van der Waals surface area contributed by atoms with Gasteiger partial charge in [0, 0.05) is 15.1 Å². The lowest BCUT2D eigenvalue weighted by Crippen LogP contribution is -1.98. The van der Waals surface area contributed by atoms with Crippen LogP contribution in [0, 0.1) is 11.3 Å². The molecule has 6 nitrogen and oxygen atoms in total. The third-order valence-electron chi connectivity index (χ3n) is 2.59. The number of H-pyrrole nitrogens is 1. The van der Waals surface area contributed by atoms with Crippen LogP contribution in [0.2, 0.25) is 0 Å². The van der Waals surface area contributed by atoms with E-state index in [4.69, 9.17) is 5.26 Å². The van der Waals surface area contributed by atoms with Gasteiger partial charge in [-0.05, 0) is 45.3 Å². The second-order valence-electron chi connectivity index (χ2n) is 3.82. The van der Waals surface area contributed by atoms with Crippen LogP contribution >= 0.6 is 31.9 Å². The van der Waals surface area contributed by atoms with Crippen LogP contribution in [0.3, 0.4) is 0 Å². The summed E-state index contributed by atoms with van der Waals surface area (Å²) in [5.74, 6) is 0.256. The number of hydrogen-bond acceptors (Lipinski definition) is 5. The second kappa shape index (κ2) is 6.63. The standard InChI is InChI=1S/C12H10Br2N6/c1-2-7-3-9(13)4-10(14)11(7)16-6-8(5-15)12-17-19-20-18-12/h3-4,6,16H,2H2,1H3,(H,17,18,19,20). The van der Waals surface area contributed by atoms with E-state index < -0.39 is 0 Å². The van der Waals surface area contributed by atoms with Crippen molar-refractivity contribution >= 4 is 43.1 Å². The highest BCUT2D eigenvalue weighted by Crippen LogP contribution is 2.31. The number of aromatic nitrogens is 4. The molecule has 0 saturated carbocycles. The zero-order chi connectivity index (χ0) is 14.5. The molecule has 1 heterocycles. The molecule has 0 fully saturated rings. The predicted octanol–water partition coefficient (Wildman–Crippen LogP) is 3.26. The Balaban J connectivity index is 2.33. The van der Waals surface area contributed by atoms with Gasteiger partial charge in [0.05, 0.1) is 5.69 Å². The number of nitrogens with one attached hydrogen (secondary N) is 2. The third-order valence-corrected chi connectivity index (χ3v) is 3.67. The van der Waals surface area contributed by atoms with Crippen molar-refractivity contribution < 1.29 is 0 Å². The maximum absolute atomic E-state index is 9.12. The van der Waals surface area contributed by atoms with Gasteiger partial charge in [-0.3, -0.25) is 0 Å². The van der Waals surface area contributed by atoms with Crippen LogP contribution in [0.1, 0.15) is 18.3 Å². The van der Waals surface area contributed by atoms with Gasteiger partial charge in [-0.15, -0.1) is 10.2 Å². The molecular weight excluding hydrogens is 388 g/mol. The molecule has 8 heteroatoms. The number of nitriles is 1. The first-order valence-corrected chi connectivity index (χ1v) is 7.32. The Hall–Kier alpha value is -1.72. The number of tetrazole rings is 1. The van der Waals surface area contributed by atoms with Gasteiger partial charge < -0.3 is 5.32 Å². The van der Waals surface area contributed by atoms with Gasteiger partial charge in [0.15, 0.2) is 0 Å². The molecule has 20 heavy (non-hydrogen) atoms. The average Bonchev–Trinajstić information content (AvgIpc) is 2.94. The Labute approximate surface area is 132 Å². The molecule has 1 aromatic heterocycles. The lowest BCUT2D eigenvalue weighted by Gasteiger charge is -2.11. The van der Waals surface area contributed by atoms with Gasteiger partial charge >= 0.3 is 0 Å². The summed E-state index contributed by atoms with van der Waals surface area (Å²) in [5.41, 5.74) is 2.33. The molecule has 0 saturated heterocycles. The number of hydrogen-bond donors (Lipinski definition) is 2. The third kappa shape index (κ3) is 3.23. The fourth-order valence-corrected chi connectivity index (χ4v) is 3.06. The fourth-order valence-electron chi connectivity index (χ4n) is 1.63. The summed E-state index contributed by atoms with van der Waals surface area (Å²) in [6.45, 7) is 2.06. The zero-order valence-electron chi connectivity index (χ0n) is 10.5. The molecule has 102 valence electrons. The minimum Gasteiger partial charge on any atom is -0.359 e. The van der Waals surface area contributed by atoms with Crippen molar-refractivity contribution in [3.8, 4) is 6.07 Å². The average molecular weight is 398 g/mol. The summed E-state index contributed by atoms with van der Waals surface area (Å²) in [7, 11) is 0. The number of allylic oxidation sites excluding steroid dienone is 1. The Morgan fingerprint density at radius 3 is 2.90 bits per heavy atom. The Kier molecular flexibility index (Phi) is 4.87. The summed E-state index contributed by atoms with van der Waals surface area (Å²) in [6, 6.07) is 6.00. The molecule has 0 amide bonds. The number of aromatic amines is 1. The number of benzene rings is 1. The van der Waals surface area contributed by atoms with Crippen molar-refractivity contribution in [2.24, 2.45) is 0 Å².